The molecule has 0 saturated heterocycles. The number of rotatable bonds is 2. The van der Waals surface area contributed by atoms with Crippen molar-refractivity contribution >= 4 is 0 Å². The Morgan fingerprint density at radius 1 is 1.62 bits per heavy atom. The second-order valence-corrected chi connectivity index (χ2v) is 5.17. The number of aliphatic hydroxyl groups is 1. The second kappa shape index (κ2) is 4.89. The molecule has 3 atom stereocenters. The van der Waals surface area contributed by atoms with Gasteiger partial charge in [0.25, 0.3) is 0 Å². The average Bonchev–Trinajstić information content (AvgIpc) is 2.24. The van der Waals surface area contributed by atoms with Gasteiger partial charge in [-0.2, -0.15) is 0 Å². The number of terminal acetylenes is 1. The van der Waals surface area contributed by atoms with E-state index < -0.39 is 5.60 Å². The van der Waals surface area contributed by atoms with Crippen molar-refractivity contribution < 1.29 is 5.11 Å². The molecule has 1 heteroatoms. The van der Waals surface area contributed by atoms with Crippen LogP contribution >= 0.6 is 0 Å². The Kier molecular flexibility index (Phi) is 3.99. The molecule has 1 rings (SSSR count). The van der Waals surface area contributed by atoms with Crippen LogP contribution in [0.15, 0.2) is 23.3 Å². The Morgan fingerprint density at radius 3 is 2.81 bits per heavy atom. The maximum Gasteiger partial charge on any atom is 0.125 e. The van der Waals surface area contributed by atoms with Crippen molar-refractivity contribution in [1.82, 2.24) is 0 Å². The lowest BCUT2D eigenvalue weighted by atomic mass is 9.77. The standard InChI is InChI=1S/C15H22O/c1-6-15(5,16)10-9-14-12(3)8-7-11(2)13(14)4/h1,8-9,11,13,16H,7,10H2,2-5H3/b14-9-/t11-,13+,15+/m0/s1. The Labute approximate surface area is 99.3 Å². The molecule has 88 valence electrons. The summed E-state index contributed by atoms with van der Waals surface area (Å²) in [5, 5.41) is 9.79. The minimum atomic E-state index is -1.02. The molecule has 16 heavy (non-hydrogen) atoms. The molecule has 0 spiro atoms. The van der Waals surface area contributed by atoms with Gasteiger partial charge in [0.1, 0.15) is 5.60 Å². The van der Waals surface area contributed by atoms with Crippen LogP contribution in [0.25, 0.3) is 0 Å². The molecule has 1 aliphatic carbocycles. The van der Waals surface area contributed by atoms with E-state index in [1.165, 1.54) is 11.1 Å². The summed E-state index contributed by atoms with van der Waals surface area (Å²) in [6, 6.07) is 0. The van der Waals surface area contributed by atoms with Crippen molar-refractivity contribution in [3.8, 4) is 12.3 Å². The largest absolute Gasteiger partial charge is 0.378 e. The predicted octanol–water partition coefficient (Wildman–Crippen LogP) is 3.31. The van der Waals surface area contributed by atoms with Gasteiger partial charge in [-0.05, 0) is 37.7 Å². The second-order valence-electron chi connectivity index (χ2n) is 5.17. The molecular weight excluding hydrogens is 196 g/mol. The van der Waals surface area contributed by atoms with E-state index in [2.05, 4.69) is 38.8 Å². The van der Waals surface area contributed by atoms with Crippen LogP contribution in [0.3, 0.4) is 0 Å². The first-order valence-corrected chi connectivity index (χ1v) is 5.94. The van der Waals surface area contributed by atoms with Gasteiger partial charge < -0.3 is 5.11 Å². The quantitative estimate of drug-likeness (QED) is 0.705. The summed E-state index contributed by atoms with van der Waals surface area (Å²) in [6.45, 7) is 8.33. The van der Waals surface area contributed by atoms with Crippen LogP contribution in [0.2, 0.25) is 0 Å². The van der Waals surface area contributed by atoms with Gasteiger partial charge in [-0.1, -0.05) is 37.5 Å². The fourth-order valence-corrected chi connectivity index (χ4v) is 2.06. The van der Waals surface area contributed by atoms with Crippen LogP contribution < -0.4 is 0 Å². The zero-order valence-corrected chi connectivity index (χ0v) is 10.7. The molecule has 0 aromatic heterocycles. The fraction of sp³-hybridized carbons (Fsp3) is 0.600. The summed E-state index contributed by atoms with van der Waals surface area (Å²) in [6.07, 6.45) is 11.3. The van der Waals surface area contributed by atoms with Crippen LogP contribution in [0.4, 0.5) is 0 Å². The van der Waals surface area contributed by atoms with Crippen molar-refractivity contribution in [2.24, 2.45) is 11.8 Å². The van der Waals surface area contributed by atoms with Gasteiger partial charge >= 0.3 is 0 Å². The maximum atomic E-state index is 9.79. The summed E-state index contributed by atoms with van der Waals surface area (Å²) in [4.78, 5) is 0. The zero-order valence-electron chi connectivity index (χ0n) is 10.7. The lowest BCUT2D eigenvalue weighted by Gasteiger charge is -2.28. The van der Waals surface area contributed by atoms with Gasteiger partial charge in [0, 0.05) is 6.42 Å². The molecule has 0 amide bonds. The van der Waals surface area contributed by atoms with Crippen LogP contribution in [0.5, 0.6) is 0 Å². The Hall–Kier alpha value is -1.00. The summed E-state index contributed by atoms with van der Waals surface area (Å²) < 4.78 is 0. The van der Waals surface area contributed by atoms with Crippen LogP contribution in [0.1, 0.15) is 40.5 Å². The summed E-state index contributed by atoms with van der Waals surface area (Å²) in [5.74, 6) is 3.64. The monoisotopic (exact) mass is 218 g/mol. The molecule has 0 aromatic rings. The lowest BCUT2D eigenvalue weighted by molar-refractivity contribution is 0.125. The molecule has 1 aliphatic rings. The lowest BCUT2D eigenvalue weighted by Crippen LogP contribution is -2.21. The molecule has 1 nitrogen and oxygen atoms in total. The molecule has 1 N–H and O–H groups in total. The third kappa shape index (κ3) is 3.00. The summed E-state index contributed by atoms with van der Waals surface area (Å²) >= 11 is 0. The predicted molar refractivity (Wildman–Crippen MR) is 68.9 cm³/mol. The van der Waals surface area contributed by atoms with Crippen LogP contribution in [-0.2, 0) is 0 Å². The van der Waals surface area contributed by atoms with Gasteiger partial charge in [0.05, 0.1) is 0 Å². The van der Waals surface area contributed by atoms with E-state index >= 15 is 0 Å². The molecular formula is C15H22O. The van der Waals surface area contributed by atoms with Crippen molar-refractivity contribution in [1.29, 1.82) is 0 Å². The van der Waals surface area contributed by atoms with Crippen LogP contribution in [0, 0.1) is 24.2 Å². The Morgan fingerprint density at radius 2 is 2.25 bits per heavy atom. The van der Waals surface area contributed by atoms with Gasteiger partial charge in [0.15, 0.2) is 0 Å². The Bertz CT molecular complexity index is 352. The highest BCUT2D eigenvalue weighted by Gasteiger charge is 2.22. The first kappa shape index (κ1) is 13.1. The third-order valence-electron chi connectivity index (χ3n) is 3.63. The van der Waals surface area contributed by atoms with Crippen molar-refractivity contribution in [3.63, 3.8) is 0 Å². The first-order chi connectivity index (χ1) is 7.37. The summed E-state index contributed by atoms with van der Waals surface area (Å²) in [5.41, 5.74) is 1.65. The molecule has 0 bridgehead atoms. The zero-order chi connectivity index (χ0) is 12.3. The minimum Gasteiger partial charge on any atom is -0.378 e. The van der Waals surface area contributed by atoms with Gasteiger partial charge in [-0.15, -0.1) is 6.42 Å². The normalized spacial score (nSPS) is 31.8. The van der Waals surface area contributed by atoms with E-state index in [1.807, 2.05) is 0 Å². The first-order valence-electron chi connectivity index (χ1n) is 5.94. The highest BCUT2D eigenvalue weighted by molar-refractivity contribution is 5.34. The van der Waals surface area contributed by atoms with E-state index in [0.29, 0.717) is 18.3 Å². The molecule has 0 aliphatic heterocycles. The highest BCUT2D eigenvalue weighted by Crippen LogP contribution is 2.34. The summed E-state index contributed by atoms with van der Waals surface area (Å²) in [7, 11) is 0. The van der Waals surface area contributed by atoms with E-state index in [4.69, 9.17) is 6.42 Å². The van der Waals surface area contributed by atoms with E-state index in [-0.39, 0.29) is 0 Å². The van der Waals surface area contributed by atoms with Gasteiger partial charge in [-0.3, -0.25) is 0 Å². The smallest absolute Gasteiger partial charge is 0.125 e. The third-order valence-corrected chi connectivity index (χ3v) is 3.63. The maximum absolute atomic E-state index is 9.79. The fourth-order valence-electron chi connectivity index (χ4n) is 2.06. The van der Waals surface area contributed by atoms with E-state index in [1.54, 1.807) is 6.92 Å². The van der Waals surface area contributed by atoms with Crippen LogP contribution in [-0.4, -0.2) is 10.7 Å². The SMILES string of the molecule is C#C[C@@](C)(O)C/C=C1/C(C)=CC[C@H](C)[C@H]1C. The van der Waals surface area contributed by atoms with E-state index in [0.717, 1.165) is 6.42 Å². The van der Waals surface area contributed by atoms with Crippen molar-refractivity contribution in [2.75, 3.05) is 0 Å². The van der Waals surface area contributed by atoms with Crippen molar-refractivity contribution in [2.45, 2.75) is 46.1 Å². The molecule has 0 aromatic carbocycles. The van der Waals surface area contributed by atoms with Gasteiger partial charge in [0.2, 0.25) is 0 Å². The molecule has 0 unspecified atom stereocenters. The van der Waals surface area contributed by atoms with Gasteiger partial charge in [-0.25, -0.2) is 0 Å². The number of hydrogen-bond acceptors (Lipinski definition) is 1. The topological polar surface area (TPSA) is 20.2 Å². The molecule has 0 fully saturated rings. The average molecular weight is 218 g/mol. The van der Waals surface area contributed by atoms with Crippen molar-refractivity contribution in [3.05, 3.63) is 23.3 Å². The number of hydrogen-bond donors (Lipinski definition) is 1. The Balaban J connectivity index is 2.86. The number of allylic oxidation sites excluding steroid dienone is 3. The molecule has 0 heterocycles. The van der Waals surface area contributed by atoms with E-state index in [9.17, 15) is 5.11 Å². The minimum absolute atomic E-state index is 0.529. The molecule has 0 radical (unpaired) electrons. The molecule has 0 saturated carbocycles. The highest BCUT2D eigenvalue weighted by atomic mass is 16.3.